The summed E-state index contributed by atoms with van der Waals surface area (Å²) in [5, 5.41) is 12.8. The maximum absolute atomic E-state index is 13.3. The number of hydrogen-bond acceptors (Lipinski definition) is 5. The van der Waals surface area contributed by atoms with Crippen LogP contribution in [0.2, 0.25) is 0 Å². The number of fused-ring (bicyclic) bond motifs is 7. The third kappa shape index (κ3) is 2.55. The lowest BCUT2D eigenvalue weighted by Gasteiger charge is -2.10. The summed E-state index contributed by atoms with van der Waals surface area (Å²) in [7, 11) is 3.80. The molecule has 146 valence electrons. The minimum atomic E-state index is -0.338. The van der Waals surface area contributed by atoms with Crippen molar-refractivity contribution in [2.45, 2.75) is 6.54 Å². The fraction of sp³-hybridized carbons (Fsp3) is 0.182. The molecule has 7 nitrogen and oxygen atoms in total. The fourth-order valence-electron chi connectivity index (χ4n) is 3.88. The van der Waals surface area contributed by atoms with Crippen molar-refractivity contribution in [2.24, 2.45) is 0 Å². The molecule has 5 aromatic rings. The maximum Gasteiger partial charge on any atom is 0.265 e. The summed E-state index contributed by atoms with van der Waals surface area (Å²) in [6.07, 6.45) is 0. The zero-order chi connectivity index (χ0) is 20.3. The molecule has 0 radical (unpaired) electrons. The monoisotopic (exact) mass is 389 g/mol. The zero-order valence-electron chi connectivity index (χ0n) is 16.0. The highest BCUT2D eigenvalue weighted by Crippen LogP contribution is 2.38. The van der Waals surface area contributed by atoms with Gasteiger partial charge in [-0.1, -0.05) is 12.1 Å². The SMILES string of the molecule is CN(C)CCn1c(O)c2c3cc(=O)ccc3c3[nH]c4ccccc4oc3c2c1=O. The highest BCUT2D eigenvalue weighted by Gasteiger charge is 2.23. The minimum absolute atomic E-state index is 0.146. The number of rotatable bonds is 3. The number of H-pyrrole nitrogens is 1. The van der Waals surface area contributed by atoms with Crippen molar-refractivity contribution < 1.29 is 9.52 Å². The predicted octanol–water partition coefficient (Wildman–Crippen LogP) is 3.01. The number of aromatic hydroxyl groups is 1. The molecule has 0 unspecified atom stereocenters. The van der Waals surface area contributed by atoms with Gasteiger partial charge in [-0.05, 0) is 44.4 Å². The number of nitrogens with one attached hydrogen (secondary N) is 1. The molecule has 5 rings (SSSR count). The van der Waals surface area contributed by atoms with E-state index < -0.39 is 0 Å². The summed E-state index contributed by atoms with van der Waals surface area (Å²) in [5.41, 5.74) is 1.83. The number of benzene rings is 3. The van der Waals surface area contributed by atoms with Crippen molar-refractivity contribution in [1.29, 1.82) is 0 Å². The lowest BCUT2D eigenvalue weighted by molar-refractivity contribution is 0.355. The first-order valence-corrected chi connectivity index (χ1v) is 9.33. The van der Waals surface area contributed by atoms with Crippen LogP contribution in [0.15, 0.2) is 56.5 Å². The van der Waals surface area contributed by atoms with Gasteiger partial charge in [0.25, 0.3) is 5.56 Å². The molecule has 0 atom stereocenters. The van der Waals surface area contributed by atoms with Crippen molar-refractivity contribution >= 4 is 43.7 Å². The van der Waals surface area contributed by atoms with Gasteiger partial charge in [-0.3, -0.25) is 14.2 Å². The lowest BCUT2D eigenvalue weighted by atomic mass is 10.0. The molecule has 0 spiro atoms. The van der Waals surface area contributed by atoms with Gasteiger partial charge in [0, 0.05) is 23.9 Å². The molecule has 0 fully saturated rings. The number of nitrogens with zero attached hydrogens (tertiary/aromatic N) is 2. The second-order valence-corrected chi connectivity index (χ2v) is 7.47. The van der Waals surface area contributed by atoms with E-state index >= 15 is 0 Å². The van der Waals surface area contributed by atoms with Crippen LogP contribution >= 0.6 is 0 Å². The molecule has 0 aliphatic rings. The summed E-state index contributed by atoms with van der Waals surface area (Å²) in [4.78, 5) is 30.6. The Morgan fingerprint density at radius 3 is 2.66 bits per heavy atom. The molecule has 0 aliphatic carbocycles. The quantitative estimate of drug-likeness (QED) is 0.366. The largest absolute Gasteiger partial charge is 0.494 e. The number of aromatic amines is 1. The number of aromatic nitrogens is 2. The van der Waals surface area contributed by atoms with Crippen molar-refractivity contribution in [3.05, 3.63) is 63.0 Å². The molecular weight excluding hydrogens is 370 g/mol. The van der Waals surface area contributed by atoms with Gasteiger partial charge in [0.05, 0.1) is 21.8 Å². The first-order valence-electron chi connectivity index (χ1n) is 9.33. The van der Waals surface area contributed by atoms with Crippen LogP contribution in [-0.2, 0) is 6.54 Å². The molecule has 2 N–H and O–H groups in total. The first-order chi connectivity index (χ1) is 14.0. The Hall–Kier alpha value is -3.58. The van der Waals surface area contributed by atoms with E-state index in [2.05, 4.69) is 4.98 Å². The molecule has 0 amide bonds. The fourth-order valence-corrected chi connectivity index (χ4v) is 3.88. The van der Waals surface area contributed by atoms with E-state index in [-0.39, 0.29) is 22.3 Å². The van der Waals surface area contributed by atoms with Crippen LogP contribution in [-0.4, -0.2) is 40.2 Å². The van der Waals surface area contributed by atoms with Crippen molar-refractivity contribution in [3.8, 4) is 5.88 Å². The number of para-hydroxylation sites is 2. The first kappa shape index (κ1) is 17.5. The third-order valence-electron chi connectivity index (χ3n) is 5.30. The van der Waals surface area contributed by atoms with Crippen LogP contribution in [0.25, 0.3) is 43.7 Å². The van der Waals surface area contributed by atoms with Crippen LogP contribution in [0, 0.1) is 0 Å². The normalized spacial score (nSPS) is 12.1. The third-order valence-corrected chi connectivity index (χ3v) is 5.30. The summed E-state index contributed by atoms with van der Waals surface area (Å²) >= 11 is 0. The second-order valence-electron chi connectivity index (χ2n) is 7.47. The molecule has 29 heavy (non-hydrogen) atoms. The van der Waals surface area contributed by atoms with Gasteiger partial charge in [-0.15, -0.1) is 0 Å². The smallest absolute Gasteiger partial charge is 0.265 e. The molecule has 7 heteroatoms. The van der Waals surface area contributed by atoms with Crippen molar-refractivity contribution in [1.82, 2.24) is 14.5 Å². The highest BCUT2D eigenvalue weighted by atomic mass is 16.3. The van der Waals surface area contributed by atoms with Crippen LogP contribution in [0.1, 0.15) is 0 Å². The van der Waals surface area contributed by atoms with Crippen LogP contribution in [0.3, 0.4) is 0 Å². The van der Waals surface area contributed by atoms with Crippen molar-refractivity contribution in [2.75, 3.05) is 20.6 Å². The van der Waals surface area contributed by atoms with Crippen LogP contribution in [0.5, 0.6) is 5.88 Å². The molecule has 2 heterocycles. The molecular formula is C22H19N3O4. The van der Waals surface area contributed by atoms with E-state index in [9.17, 15) is 14.7 Å². The predicted molar refractivity (Wildman–Crippen MR) is 114 cm³/mol. The Kier molecular flexibility index (Phi) is 3.75. The molecule has 0 saturated heterocycles. The van der Waals surface area contributed by atoms with Crippen LogP contribution in [0.4, 0.5) is 0 Å². The summed E-state index contributed by atoms with van der Waals surface area (Å²) in [5.74, 6) is -0.146. The topological polar surface area (TPSA) is 91.5 Å². The highest BCUT2D eigenvalue weighted by molar-refractivity contribution is 6.24. The van der Waals surface area contributed by atoms with E-state index in [1.807, 2.05) is 43.3 Å². The van der Waals surface area contributed by atoms with Crippen molar-refractivity contribution in [3.63, 3.8) is 0 Å². The molecule has 0 bridgehead atoms. The molecule has 2 aromatic heterocycles. The van der Waals surface area contributed by atoms with Gasteiger partial charge >= 0.3 is 0 Å². The number of hydrogen-bond donors (Lipinski definition) is 2. The van der Waals surface area contributed by atoms with E-state index in [1.54, 1.807) is 6.07 Å². The van der Waals surface area contributed by atoms with Gasteiger partial charge < -0.3 is 19.4 Å². The van der Waals surface area contributed by atoms with Gasteiger partial charge in [-0.25, -0.2) is 0 Å². The minimum Gasteiger partial charge on any atom is -0.494 e. The van der Waals surface area contributed by atoms with Gasteiger partial charge in [-0.2, -0.15) is 0 Å². The lowest BCUT2D eigenvalue weighted by Crippen LogP contribution is -2.23. The standard InChI is InChI=1S/C22H19N3O4/c1-24(2)9-10-25-21(27)17-14-11-12(26)7-8-13(14)19-20(18(17)22(25)28)29-16-6-4-3-5-15(16)23-19/h3-8,11,23,27H,9-10H2,1-2H3. The Morgan fingerprint density at radius 2 is 1.86 bits per heavy atom. The number of likely N-dealkylation sites (N-methyl/N-ethyl adjacent to an activating group) is 1. The van der Waals surface area contributed by atoms with Gasteiger partial charge in [0.1, 0.15) is 0 Å². The Bertz CT molecular complexity index is 1540. The van der Waals surface area contributed by atoms with Crippen LogP contribution < -0.4 is 11.0 Å². The van der Waals surface area contributed by atoms with E-state index in [0.717, 1.165) is 5.52 Å². The Morgan fingerprint density at radius 1 is 1.07 bits per heavy atom. The molecule has 0 aliphatic heterocycles. The average Bonchev–Trinajstić information content (AvgIpc) is 2.95. The molecule has 3 aromatic carbocycles. The average molecular weight is 389 g/mol. The second kappa shape index (κ2) is 6.22. The zero-order valence-corrected chi connectivity index (χ0v) is 16.0. The summed E-state index contributed by atoms with van der Waals surface area (Å²) < 4.78 is 7.47. The summed E-state index contributed by atoms with van der Waals surface area (Å²) in [6.45, 7) is 0.905. The molecule has 0 saturated carbocycles. The van der Waals surface area contributed by atoms with E-state index in [0.29, 0.717) is 45.9 Å². The van der Waals surface area contributed by atoms with E-state index in [4.69, 9.17) is 4.42 Å². The van der Waals surface area contributed by atoms with E-state index in [1.165, 1.54) is 16.7 Å². The summed E-state index contributed by atoms with van der Waals surface area (Å²) in [6, 6.07) is 12.1. The Labute approximate surface area is 164 Å². The maximum atomic E-state index is 13.3. The van der Waals surface area contributed by atoms with Gasteiger partial charge in [0.15, 0.2) is 16.6 Å². The Balaban J connectivity index is 2.03. The van der Waals surface area contributed by atoms with Gasteiger partial charge in [0.2, 0.25) is 5.88 Å².